The van der Waals surface area contributed by atoms with Gasteiger partial charge in [0.1, 0.15) is 0 Å². The Morgan fingerprint density at radius 3 is 2.14 bits per heavy atom. The molecule has 3 N–H and O–H groups in total. The first kappa shape index (κ1) is 15.5. The van der Waals surface area contributed by atoms with E-state index in [2.05, 4.69) is 17.4 Å². The Morgan fingerprint density at radius 1 is 1.05 bits per heavy atom. The van der Waals surface area contributed by atoms with Gasteiger partial charge in [-0.15, -0.1) is 0 Å². The number of carboxylic acids is 2. The first-order valence-corrected chi connectivity index (χ1v) is 7.31. The zero-order valence-corrected chi connectivity index (χ0v) is 11.9. The van der Waals surface area contributed by atoms with E-state index in [1.54, 1.807) is 0 Å². The van der Waals surface area contributed by atoms with Gasteiger partial charge in [-0.1, -0.05) is 30.3 Å². The summed E-state index contributed by atoms with van der Waals surface area (Å²) >= 11 is 0. The molecule has 1 aromatic carbocycles. The predicted molar refractivity (Wildman–Crippen MR) is 77.8 cm³/mol. The molecule has 0 atom stereocenters. The van der Waals surface area contributed by atoms with Gasteiger partial charge in [0.2, 0.25) is 0 Å². The minimum Gasteiger partial charge on any atom is -0.481 e. The van der Waals surface area contributed by atoms with E-state index in [-0.39, 0.29) is 5.92 Å². The fourth-order valence-electron chi connectivity index (χ4n) is 3.02. The number of nitrogens with one attached hydrogen (secondary N) is 1. The molecule has 0 heterocycles. The smallest absolute Gasteiger partial charge is 0.318 e. The highest BCUT2D eigenvalue weighted by molar-refractivity contribution is 5.93. The van der Waals surface area contributed by atoms with Crippen molar-refractivity contribution in [2.45, 2.75) is 38.3 Å². The molecule has 5 nitrogen and oxygen atoms in total. The van der Waals surface area contributed by atoms with Gasteiger partial charge in [0.05, 0.1) is 0 Å². The number of carboxylic acid groups (broad SMARTS) is 2. The van der Waals surface area contributed by atoms with E-state index >= 15 is 0 Å². The summed E-state index contributed by atoms with van der Waals surface area (Å²) in [6.45, 7) is 0.789. The highest BCUT2D eigenvalue weighted by Crippen LogP contribution is 2.31. The predicted octanol–water partition coefficient (Wildman–Crippen LogP) is 2.12. The maximum atomic E-state index is 11.0. The molecule has 1 saturated carbocycles. The Balaban J connectivity index is 1.80. The van der Waals surface area contributed by atoms with Crippen LogP contribution < -0.4 is 5.32 Å². The van der Waals surface area contributed by atoms with Crippen LogP contribution in [0.25, 0.3) is 0 Å². The molecule has 21 heavy (non-hydrogen) atoms. The average Bonchev–Trinajstić information content (AvgIpc) is 2.47. The van der Waals surface area contributed by atoms with E-state index in [0.717, 1.165) is 19.4 Å². The third-order valence-corrected chi connectivity index (χ3v) is 4.21. The van der Waals surface area contributed by atoms with Crippen molar-refractivity contribution < 1.29 is 19.8 Å². The topological polar surface area (TPSA) is 86.6 Å². The SMILES string of the molecule is O=C(O)C(C(=O)O)C1CCC(NCc2ccccc2)CC1. The number of hydrogen-bond donors (Lipinski definition) is 3. The number of aliphatic carboxylic acids is 2. The maximum Gasteiger partial charge on any atom is 0.318 e. The largest absolute Gasteiger partial charge is 0.481 e. The van der Waals surface area contributed by atoms with Gasteiger partial charge in [-0.05, 0) is 37.2 Å². The van der Waals surface area contributed by atoms with Gasteiger partial charge in [0, 0.05) is 12.6 Å². The summed E-state index contributed by atoms with van der Waals surface area (Å²) in [5.74, 6) is -3.96. The van der Waals surface area contributed by atoms with Crippen LogP contribution >= 0.6 is 0 Å². The summed E-state index contributed by atoms with van der Waals surface area (Å²) in [6.07, 6.45) is 2.95. The van der Waals surface area contributed by atoms with Crippen LogP contribution in [0.4, 0.5) is 0 Å². The summed E-state index contributed by atoms with van der Waals surface area (Å²) in [6, 6.07) is 10.4. The molecule has 1 aromatic rings. The average molecular weight is 291 g/mol. The van der Waals surface area contributed by atoms with Crippen LogP contribution in [0.3, 0.4) is 0 Å². The van der Waals surface area contributed by atoms with Gasteiger partial charge in [-0.25, -0.2) is 0 Å². The molecule has 0 saturated heterocycles. The summed E-state index contributed by atoms with van der Waals surface area (Å²) in [7, 11) is 0. The first-order chi connectivity index (χ1) is 10.1. The molecule has 0 amide bonds. The van der Waals surface area contributed by atoms with Crippen LogP contribution in [0, 0.1) is 11.8 Å². The Bertz CT molecular complexity index is 466. The lowest BCUT2D eigenvalue weighted by atomic mass is 9.78. The van der Waals surface area contributed by atoms with Crippen LogP contribution in [0.5, 0.6) is 0 Å². The van der Waals surface area contributed by atoms with E-state index in [4.69, 9.17) is 10.2 Å². The molecular weight excluding hydrogens is 270 g/mol. The normalized spacial score (nSPS) is 22.1. The Hall–Kier alpha value is -1.88. The monoisotopic (exact) mass is 291 g/mol. The number of hydrogen-bond acceptors (Lipinski definition) is 3. The molecule has 0 aromatic heterocycles. The lowest BCUT2D eigenvalue weighted by Crippen LogP contribution is -2.38. The third-order valence-electron chi connectivity index (χ3n) is 4.21. The second kappa shape index (κ2) is 7.22. The molecule has 0 radical (unpaired) electrons. The first-order valence-electron chi connectivity index (χ1n) is 7.31. The lowest BCUT2D eigenvalue weighted by Gasteiger charge is -2.31. The summed E-state index contributed by atoms with van der Waals surface area (Å²) in [4.78, 5) is 22.1. The van der Waals surface area contributed by atoms with Gasteiger partial charge >= 0.3 is 11.9 Å². The quantitative estimate of drug-likeness (QED) is 0.699. The second-order valence-corrected chi connectivity index (χ2v) is 5.63. The molecular formula is C16H21NO4. The molecule has 5 heteroatoms. The lowest BCUT2D eigenvalue weighted by molar-refractivity contribution is -0.158. The Labute approximate surface area is 124 Å². The molecule has 114 valence electrons. The summed E-state index contributed by atoms with van der Waals surface area (Å²) in [5, 5.41) is 21.5. The van der Waals surface area contributed by atoms with Gasteiger partial charge in [-0.3, -0.25) is 9.59 Å². The van der Waals surface area contributed by atoms with Crippen LogP contribution in [0.2, 0.25) is 0 Å². The van der Waals surface area contributed by atoms with E-state index in [1.807, 2.05) is 18.2 Å². The van der Waals surface area contributed by atoms with Crippen molar-refractivity contribution in [3.63, 3.8) is 0 Å². The van der Waals surface area contributed by atoms with Crippen molar-refractivity contribution in [1.29, 1.82) is 0 Å². The standard InChI is InChI=1S/C16H21NO4/c18-15(19)14(16(20)21)12-6-8-13(9-7-12)17-10-11-4-2-1-3-5-11/h1-5,12-14,17H,6-10H2,(H,18,19)(H,20,21). The van der Waals surface area contributed by atoms with Crippen molar-refractivity contribution >= 4 is 11.9 Å². The Morgan fingerprint density at radius 2 is 1.62 bits per heavy atom. The minimum atomic E-state index is -1.26. The molecule has 2 rings (SSSR count). The third kappa shape index (κ3) is 4.29. The van der Waals surface area contributed by atoms with Gasteiger partial charge in [0.15, 0.2) is 5.92 Å². The molecule has 0 unspecified atom stereocenters. The van der Waals surface area contributed by atoms with Crippen molar-refractivity contribution in [1.82, 2.24) is 5.32 Å². The van der Waals surface area contributed by atoms with Crippen LogP contribution in [-0.2, 0) is 16.1 Å². The molecule has 1 aliphatic rings. The van der Waals surface area contributed by atoms with Crippen molar-refractivity contribution in [3.05, 3.63) is 35.9 Å². The number of rotatable bonds is 6. The van der Waals surface area contributed by atoms with E-state index < -0.39 is 17.9 Å². The fraction of sp³-hybridized carbons (Fsp3) is 0.500. The van der Waals surface area contributed by atoms with Crippen molar-refractivity contribution in [2.75, 3.05) is 0 Å². The van der Waals surface area contributed by atoms with Crippen LogP contribution in [0.1, 0.15) is 31.2 Å². The van der Waals surface area contributed by atoms with Gasteiger partial charge in [0.25, 0.3) is 0 Å². The highest BCUT2D eigenvalue weighted by atomic mass is 16.4. The molecule has 1 fully saturated rings. The second-order valence-electron chi connectivity index (χ2n) is 5.63. The molecule has 1 aliphatic carbocycles. The maximum absolute atomic E-state index is 11.0. The Kier molecular flexibility index (Phi) is 5.33. The molecule has 0 aliphatic heterocycles. The van der Waals surface area contributed by atoms with Crippen LogP contribution in [0.15, 0.2) is 30.3 Å². The van der Waals surface area contributed by atoms with Gasteiger partial charge < -0.3 is 15.5 Å². The zero-order chi connectivity index (χ0) is 15.2. The number of benzene rings is 1. The number of carbonyl (C=O) groups is 2. The minimum absolute atomic E-state index is 0.255. The van der Waals surface area contributed by atoms with Gasteiger partial charge in [-0.2, -0.15) is 0 Å². The van der Waals surface area contributed by atoms with E-state index in [1.165, 1.54) is 5.56 Å². The van der Waals surface area contributed by atoms with E-state index in [9.17, 15) is 9.59 Å². The van der Waals surface area contributed by atoms with Crippen molar-refractivity contribution in [2.24, 2.45) is 11.8 Å². The highest BCUT2D eigenvalue weighted by Gasteiger charge is 2.36. The zero-order valence-electron chi connectivity index (χ0n) is 11.9. The van der Waals surface area contributed by atoms with Crippen LogP contribution in [-0.4, -0.2) is 28.2 Å². The summed E-state index contributed by atoms with van der Waals surface area (Å²) < 4.78 is 0. The molecule has 0 spiro atoms. The van der Waals surface area contributed by atoms with Crippen molar-refractivity contribution in [3.8, 4) is 0 Å². The summed E-state index contributed by atoms with van der Waals surface area (Å²) in [5.41, 5.74) is 1.22. The molecule has 0 bridgehead atoms. The van der Waals surface area contributed by atoms with E-state index in [0.29, 0.717) is 18.9 Å². The fourth-order valence-corrected chi connectivity index (χ4v) is 3.02.